The number of fused-ring (bicyclic) bond motifs is 1. The van der Waals surface area contributed by atoms with Gasteiger partial charge in [0.15, 0.2) is 0 Å². The van der Waals surface area contributed by atoms with E-state index in [-0.39, 0.29) is 0 Å². The summed E-state index contributed by atoms with van der Waals surface area (Å²) in [7, 11) is 0. The van der Waals surface area contributed by atoms with Crippen LogP contribution in [0, 0.1) is 23.2 Å². The van der Waals surface area contributed by atoms with E-state index < -0.39 is 17.8 Å². The van der Waals surface area contributed by atoms with E-state index in [9.17, 15) is 15.3 Å². The van der Waals surface area contributed by atoms with Gasteiger partial charge in [0.05, 0.1) is 17.8 Å². The number of aliphatic hydroxyl groups is 3. The summed E-state index contributed by atoms with van der Waals surface area (Å²) >= 11 is 1.92. The van der Waals surface area contributed by atoms with Crippen LogP contribution >= 0.6 is 11.8 Å². The molecule has 0 saturated heterocycles. The highest BCUT2D eigenvalue weighted by molar-refractivity contribution is 7.99. The lowest BCUT2D eigenvalue weighted by molar-refractivity contribution is 0.0783. The molecular formula is C31H44O3S. The average molecular weight is 497 g/mol. The smallest absolute Gasteiger partial charge is 0.0840 e. The number of thioether (sulfide) groups is 1. The third kappa shape index (κ3) is 5.82. The first-order valence-electron chi connectivity index (χ1n) is 13.4. The van der Waals surface area contributed by atoms with Crippen LogP contribution in [0.4, 0.5) is 0 Å². The number of aliphatic hydroxyl groups excluding tert-OH is 2. The molecule has 192 valence electrons. The lowest BCUT2D eigenvalue weighted by Crippen LogP contribution is -2.36. The van der Waals surface area contributed by atoms with Gasteiger partial charge in [-0.15, -0.1) is 11.8 Å². The van der Waals surface area contributed by atoms with Gasteiger partial charge in [-0.25, -0.2) is 0 Å². The van der Waals surface area contributed by atoms with Crippen LogP contribution in [0.5, 0.6) is 0 Å². The number of hydrogen-bond acceptors (Lipinski definition) is 4. The predicted octanol–water partition coefficient (Wildman–Crippen LogP) is 6.78. The zero-order valence-corrected chi connectivity index (χ0v) is 22.8. The molecule has 0 radical (unpaired) electrons. The third-order valence-corrected chi connectivity index (χ3v) is 10.3. The van der Waals surface area contributed by atoms with E-state index in [1.165, 1.54) is 30.6 Å². The van der Waals surface area contributed by atoms with Crippen molar-refractivity contribution in [3.05, 3.63) is 65.3 Å². The zero-order chi connectivity index (χ0) is 25.4. The molecule has 0 bridgehead atoms. The predicted molar refractivity (Wildman–Crippen MR) is 146 cm³/mol. The van der Waals surface area contributed by atoms with E-state index >= 15 is 0 Å². The molecular weight excluding hydrogens is 452 g/mol. The molecule has 3 fully saturated rings. The van der Waals surface area contributed by atoms with E-state index in [1.807, 2.05) is 31.7 Å². The third-order valence-electron chi connectivity index (χ3n) is 9.04. The van der Waals surface area contributed by atoms with Gasteiger partial charge in [0.2, 0.25) is 0 Å². The Kier molecular flexibility index (Phi) is 8.07. The molecule has 1 aromatic rings. The first kappa shape index (κ1) is 26.7. The number of allylic oxidation sites excluding steroid dienone is 3. The second-order valence-corrected chi connectivity index (χ2v) is 13.1. The van der Waals surface area contributed by atoms with Crippen molar-refractivity contribution in [2.24, 2.45) is 23.2 Å². The summed E-state index contributed by atoms with van der Waals surface area (Å²) < 4.78 is 0. The summed E-state index contributed by atoms with van der Waals surface area (Å²) in [4.78, 5) is 1.24. The first-order valence-corrected chi connectivity index (χ1v) is 14.4. The number of hydrogen-bond donors (Lipinski definition) is 3. The largest absolute Gasteiger partial charge is 0.393 e. The molecule has 3 nitrogen and oxygen atoms in total. The summed E-state index contributed by atoms with van der Waals surface area (Å²) in [5.41, 5.74) is 3.82. The van der Waals surface area contributed by atoms with Crippen LogP contribution in [0.25, 0.3) is 0 Å². The molecule has 35 heavy (non-hydrogen) atoms. The van der Waals surface area contributed by atoms with Crippen LogP contribution in [-0.2, 0) is 5.60 Å². The van der Waals surface area contributed by atoms with Crippen molar-refractivity contribution in [3.8, 4) is 0 Å². The molecule has 4 heteroatoms. The number of rotatable bonds is 6. The summed E-state index contributed by atoms with van der Waals surface area (Å²) in [5.74, 6) is 3.06. The molecule has 3 saturated carbocycles. The van der Waals surface area contributed by atoms with Crippen LogP contribution in [-0.4, -0.2) is 33.3 Å². The monoisotopic (exact) mass is 496 g/mol. The molecule has 0 amide bonds. The normalized spacial score (nSPS) is 34.9. The van der Waals surface area contributed by atoms with E-state index in [4.69, 9.17) is 0 Å². The maximum Gasteiger partial charge on any atom is 0.0840 e. The molecule has 4 rings (SSSR count). The van der Waals surface area contributed by atoms with Crippen molar-refractivity contribution >= 4 is 11.8 Å². The Bertz CT molecular complexity index is 987. The summed E-state index contributed by atoms with van der Waals surface area (Å²) in [6.07, 6.45) is 10.5. The van der Waals surface area contributed by atoms with Crippen LogP contribution in [0.3, 0.4) is 0 Å². The standard InChI is InChI=1S/C31H44O3S/c1-20(19-35-26-10-6-9-24(17-26)30(3,4)34)27-13-14-28-22(8-7-15-31(27,28)5)11-12-23-16-25(32)18-29(33)21(23)2/h6,9-12,17,20,25,27-29,32-34H,2,7-8,13-16,18-19H2,1,3-5H3/t20-,25+,27+,28-,29-,31+/m0/s1. The van der Waals surface area contributed by atoms with Crippen LogP contribution < -0.4 is 0 Å². The lowest BCUT2D eigenvalue weighted by Gasteiger charge is -2.44. The fraction of sp³-hybridized carbons (Fsp3) is 0.613. The van der Waals surface area contributed by atoms with Gasteiger partial charge < -0.3 is 15.3 Å². The second kappa shape index (κ2) is 10.6. The van der Waals surface area contributed by atoms with E-state index in [0.29, 0.717) is 36.0 Å². The number of benzene rings is 1. The fourth-order valence-corrected chi connectivity index (χ4v) is 8.06. The summed E-state index contributed by atoms with van der Waals surface area (Å²) in [6.45, 7) is 12.7. The Hall–Kier alpha value is -1.33. The van der Waals surface area contributed by atoms with Gasteiger partial charge in [0.25, 0.3) is 0 Å². The maximum absolute atomic E-state index is 10.4. The Morgan fingerprint density at radius 3 is 2.74 bits per heavy atom. The molecule has 0 spiro atoms. The molecule has 1 aromatic carbocycles. The van der Waals surface area contributed by atoms with Crippen molar-refractivity contribution in [2.45, 2.75) is 95.3 Å². The maximum atomic E-state index is 10.4. The SMILES string of the molecule is C=C1C(=CC=C2CCC[C@]3(C)[C@@H]([C@@H](C)CSc4cccc(C(C)(C)O)c4)CC[C@@H]23)C[C@@H](O)C[C@@H]1O. The van der Waals surface area contributed by atoms with Crippen molar-refractivity contribution in [3.63, 3.8) is 0 Å². The van der Waals surface area contributed by atoms with Crippen LogP contribution in [0.1, 0.15) is 78.2 Å². The van der Waals surface area contributed by atoms with Gasteiger partial charge in [-0.1, -0.05) is 50.3 Å². The summed E-state index contributed by atoms with van der Waals surface area (Å²) in [6, 6.07) is 8.36. The molecule has 0 unspecified atom stereocenters. The van der Waals surface area contributed by atoms with Gasteiger partial charge in [0, 0.05) is 17.1 Å². The molecule has 3 aliphatic rings. The van der Waals surface area contributed by atoms with Crippen molar-refractivity contribution in [2.75, 3.05) is 5.75 Å². The molecule has 6 atom stereocenters. The minimum Gasteiger partial charge on any atom is -0.393 e. The van der Waals surface area contributed by atoms with Crippen molar-refractivity contribution < 1.29 is 15.3 Å². The Balaban J connectivity index is 1.45. The van der Waals surface area contributed by atoms with Gasteiger partial charge in [-0.3, -0.25) is 0 Å². The average Bonchev–Trinajstić information content (AvgIpc) is 3.16. The Morgan fingerprint density at radius 2 is 2.00 bits per heavy atom. The van der Waals surface area contributed by atoms with E-state index in [2.05, 4.69) is 50.8 Å². The minimum atomic E-state index is -0.811. The van der Waals surface area contributed by atoms with Crippen LogP contribution in [0.15, 0.2) is 64.6 Å². The molecule has 0 aromatic heterocycles. The van der Waals surface area contributed by atoms with Crippen LogP contribution in [0.2, 0.25) is 0 Å². The van der Waals surface area contributed by atoms with Crippen molar-refractivity contribution in [1.82, 2.24) is 0 Å². The lowest BCUT2D eigenvalue weighted by atomic mass is 9.61. The highest BCUT2D eigenvalue weighted by Gasteiger charge is 2.50. The van der Waals surface area contributed by atoms with Gasteiger partial charge >= 0.3 is 0 Å². The second-order valence-electron chi connectivity index (χ2n) is 12.0. The molecule has 3 N–H and O–H groups in total. The summed E-state index contributed by atoms with van der Waals surface area (Å²) in [5, 5.41) is 30.7. The van der Waals surface area contributed by atoms with Gasteiger partial charge in [-0.05, 0) is 104 Å². The highest BCUT2D eigenvalue weighted by Crippen LogP contribution is 2.59. The van der Waals surface area contributed by atoms with Crippen molar-refractivity contribution in [1.29, 1.82) is 0 Å². The minimum absolute atomic E-state index is 0.333. The molecule has 0 aliphatic heterocycles. The Morgan fingerprint density at radius 1 is 1.23 bits per heavy atom. The van der Waals surface area contributed by atoms with Gasteiger partial charge in [-0.2, -0.15) is 0 Å². The van der Waals surface area contributed by atoms with Gasteiger partial charge in [0.1, 0.15) is 0 Å². The first-order chi connectivity index (χ1) is 16.5. The zero-order valence-electron chi connectivity index (χ0n) is 22.0. The quantitative estimate of drug-likeness (QED) is 0.380. The molecule has 0 heterocycles. The molecule has 3 aliphatic carbocycles. The van der Waals surface area contributed by atoms with E-state index in [1.54, 1.807) is 5.57 Å². The van der Waals surface area contributed by atoms with E-state index in [0.717, 1.165) is 28.9 Å². The Labute approximate surface area is 216 Å². The fourth-order valence-electron chi connectivity index (χ4n) is 6.99. The topological polar surface area (TPSA) is 60.7 Å². The highest BCUT2D eigenvalue weighted by atomic mass is 32.2.